The van der Waals surface area contributed by atoms with Gasteiger partial charge in [0, 0.05) is 17.0 Å². The van der Waals surface area contributed by atoms with E-state index >= 15 is 0 Å². The highest BCUT2D eigenvalue weighted by Gasteiger charge is 2.45. The Morgan fingerprint density at radius 1 is 1.05 bits per heavy atom. The van der Waals surface area contributed by atoms with Crippen molar-refractivity contribution < 1.29 is 33.8 Å². The summed E-state index contributed by atoms with van der Waals surface area (Å²) in [7, 11) is 1.29. The summed E-state index contributed by atoms with van der Waals surface area (Å²) in [4.78, 5) is 49.8. The molecule has 0 aliphatic rings. The fourth-order valence-electron chi connectivity index (χ4n) is 4.36. The van der Waals surface area contributed by atoms with Crippen molar-refractivity contribution in [1.82, 2.24) is 5.32 Å². The lowest BCUT2D eigenvalue weighted by molar-refractivity contribution is -0.158. The van der Waals surface area contributed by atoms with Gasteiger partial charge in [0.05, 0.1) is 30.6 Å². The average molecular weight is 533 g/mol. The van der Waals surface area contributed by atoms with Gasteiger partial charge in [-0.15, -0.1) is 0 Å². The molecule has 3 unspecified atom stereocenters. The monoisotopic (exact) mass is 532 g/mol. The number of esters is 2. The van der Waals surface area contributed by atoms with Gasteiger partial charge in [-0.1, -0.05) is 20.8 Å². The Balaban J connectivity index is 2.93. The number of urea groups is 1. The molecule has 0 fully saturated rings. The number of carbonyl (C=O) groups is 4. The Labute approximate surface area is 224 Å². The molecular weight excluding hydrogens is 492 g/mol. The molecular formula is C27H40N4O7. The van der Waals surface area contributed by atoms with Crippen molar-refractivity contribution in [2.75, 3.05) is 25.6 Å². The predicted molar refractivity (Wildman–Crippen MR) is 141 cm³/mol. The molecule has 1 aromatic rings. The highest BCUT2D eigenvalue weighted by molar-refractivity contribution is 5.89. The van der Waals surface area contributed by atoms with Gasteiger partial charge in [0.25, 0.3) is 0 Å². The molecule has 0 aliphatic heterocycles. The number of carbonyl (C=O) groups excluding carboxylic acids is 4. The quantitative estimate of drug-likeness (QED) is 0.160. The lowest BCUT2D eigenvalue weighted by Gasteiger charge is -2.36. The minimum absolute atomic E-state index is 0.00285. The number of benzene rings is 1. The second-order valence-electron chi connectivity index (χ2n) is 10.7. The van der Waals surface area contributed by atoms with E-state index in [0.29, 0.717) is 12.1 Å². The first-order valence-electron chi connectivity index (χ1n) is 12.4. The number of nitriles is 1. The third kappa shape index (κ3) is 9.25. The average Bonchev–Trinajstić information content (AvgIpc) is 2.86. The molecule has 3 amide bonds. The van der Waals surface area contributed by atoms with Crippen molar-refractivity contribution in [3.05, 3.63) is 24.3 Å². The van der Waals surface area contributed by atoms with Crippen LogP contribution >= 0.6 is 0 Å². The highest BCUT2D eigenvalue weighted by atomic mass is 16.5. The third-order valence-corrected chi connectivity index (χ3v) is 6.77. The van der Waals surface area contributed by atoms with Crippen molar-refractivity contribution in [2.45, 2.75) is 60.3 Å². The summed E-state index contributed by atoms with van der Waals surface area (Å²) >= 11 is 0. The number of hydrogen-bond donors (Lipinski definition) is 4. The Hall–Kier alpha value is -3.81. The summed E-state index contributed by atoms with van der Waals surface area (Å²) in [5, 5.41) is 24.3. The van der Waals surface area contributed by atoms with Gasteiger partial charge in [-0.3, -0.25) is 14.4 Å². The minimum Gasteiger partial charge on any atom is -0.508 e. The number of nitrogens with one attached hydrogen (secondary N) is 2. The third-order valence-electron chi connectivity index (χ3n) is 6.77. The van der Waals surface area contributed by atoms with Crippen LogP contribution in [0, 0.1) is 33.5 Å². The zero-order valence-corrected chi connectivity index (χ0v) is 23.1. The first-order valence-corrected chi connectivity index (χ1v) is 12.4. The number of aromatic hydroxyl groups is 1. The molecule has 11 nitrogen and oxygen atoms in total. The number of rotatable bonds is 14. The number of ether oxygens (including phenoxy) is 2. The lowest BCUT2D eigenvalue weighted by atomic mass is 9.67. The Morgan fingerprint density at radius 3 is 2.13 bits per heavy atom. The van der Waals surface area contributed by atoms with Crippen LogP contribution in [0.15, 0.2) is 24.3 Å². The van der Waals surface area contributed by atoms with Crippen LogP contribution in [0.2, 0.25) is 0 Å². The van der Waals surface area contributed by atoms with Crippen LogP contribution < -0.4 is 16.4 Å². The van der Waals surface area contributed by atoms with Crippen LogP contribution in [0.5, 0.6) is 5.75 Å². The van der Waals surface area contributed by atoms with E-state index in [1.807, 2.05) is 6.92 Å². The van der Waals surface area contributed by atoms with E-state index in [1.165, 1.54) is 31.4 Å². The molecule has 0 saturated heterocycles. The molecule has 210 valence electrons. The molecule has 0 aliphatic carbocycles. The number of nitrogens with two attached hydrogens (primary N) is 1. The van der Waals surface area contributed by atoms with Gasteiger partial charge in [-0.2, -0.15) is 5.26 Å². The van der Waals surface area contributed by atoms with Crippen molar-refractivity contribution in [3.8, 4) is 11.8 Å². The normalized spacial score (nSPS) is 15.1. The zero-order chi connectivity index (χ0) is 29.1. The fraction of sp³-hybridized carbons (Fsp3) is 0.593. The van der Waals surface area contributed by atoms with Gasteiger partial charge < -0.3 is 30.9 Å². The van der Waals surface area contributed by atoms with Crippen LogP contribution in [-0.2, 0) is 23.9 Å². The summed E-state index contributed by atoms with van der Waals surface area (Å²) in [6.45, 7) is 8.21. The number of phenols is 1. The summed E-state index contributed by atoms with van der Waals surface area (Å²) in [6.07, 6.45) is 0.637. The molecule has 11 heteroatoms. The van der Waals surface area contributed by atoms with Crippen LogP contribution in [0.4, 0.5) is 10.5 Å². The largest absolute Gasteiger partial charge is 0.508 e. The molecule has 1 aromatic carbocycles. The summed E-state index contributed by atoms with van der Waals surface area (Å²) < 4.78 is 10.4. The molecule has 38 heavy (non-hydrogen) atoms. The Bertz CT molecular complexity index is 1030. The number of anilines is 1. The fourth-order valence-corrected chi connectivity index (χ4v) is 4.36. The first-order chi connectivity index (χ1) is 17.6. The van der Waals surface area contributed by atoms with Crippen LogP contribution in [0.25, 0.3) is 0 Å². The number of nitrogens with zero attached hydrogens (tertiary/aromatic N) is 1. The second-order valence-corrected chi connectivity index (χ2v) is 10.7. The van der Waals surface area contributed by atoms with E-state index in [4.69, 9.17) is 15.2 Å². The molecule has 5 N–H and O–H groups in total. The molecule has 0 saturated carbocycles. The molecule has 0 spiro atoms. The van der Waals surface area contributed by atoms with E-state index in [9.17, 15) is 29.5 Å². The topological polar surface area (TPSA) is 181 Å². The maximum atomic E-state index is 13.3. The van der Waals surface area contributed by atoms with E-state index in [1.54, 1.807) is 27.7 Å². The molecule has 0 radical (unpaired) electrons. The minimum atomic E-state index is -1.28. The zero-order valence-electron chi connectivity index (χ0n) is 23.1. The summed E-state index contributed by atoms with van der Waals surface area (Å²) in [6, 6.07) is 7.56. The maximum Gasteiger partial charge on any atom is 0.319 e. The molecule has 1 rings (SSSR count). The second kappa shape index (κ2) is 13.7. The SMILES string of the molecule is CCC(C)(CC(C#N)CC(C)(CC(C)(C)C(N)=O)C(=O)OCCNC(=O)Nc1ccc(O)cc1)C(=O)OC. The van der Waals surface area contributed by atoms with Crippen molar-refractivity contribution in [1.29, 1.82) is 5.26 Å². The van der Waals surface area contributed by atoms with E-state index in [-0.39, 0.29) is 38.2 Å². The van der Waals surface area contributed by atoms with E-state index in [2.05, 4.69) is 16.7 Å². The van der Waals surface area contributed by atoms with E-state index < -0.39 is 46.0 Å². The number of hydrogen-bond acceptors (Lipinski definition) is 8. The van der Waals surface area contributed by atoms with Crippen molar-refractivity contribution in [2.24, 2.45) is 27.9 Å². The van der Waals surface area contributed by atoms with Gasteiger partial charge in [0.2, 0.25) is 5.91 Å². The molecule has 0 aromatic heterocycles. The number of phenolic OH excluding ortho intramolecular Hbond substituents is 1. The predicted octanol–water partition coefficient (Wildman–Crippen LogP) is 3.47. The number of amides is 3. The first kappa shape index (κ1) is 32.2. The van der Waals surface area contributed by atoms with Crippen molar-refractivity contribution >= 4 is 29.6 Å². The number of primary amides is 1. The van der Waals surface area contributed by atoms with Gasteiger partial charge in [0.15, 0.2) is 0 Å². The van der Waals surface area contributed by atoms with Gasteiger partial charge in [-0.25, -0.2) is 4.79 Å². The maximum absolute atomic E-state index is 13.3. The smallest absolute Gasteiger partial charge is 0.319 e. The molecule has 3 atom stereocenters. The lowest BCUT2D eigenvalue weighted by Crippen LogP contribution is -2.43. The number of methoxy groups -OCH3 is 1. The van der Waals surface area contributed by atoms with Gasteiger partial charge >= 0.3 is 18.0 Å². The summed E-state index contributed by atoms with van der Waals surface area (Å²) in [5.41, 5.74) is 2.75. The highest BCUT2D eigenvalue weighted by Crippen LogP contribution is 2.43. The van der Waals surface area contributed by atoms with E-state index in [0.717, 1.165) is 0 Å². The standard InChI is InChI=1S/C27H40N4O7/c1-7-26(4,22(34)37-6)14-18(16-28)15-27(5,17-25(2,3)21(29)33)23(35)38-13-12-30-24(36)31-19-8-10-20(32)11-9-19/h8-11,18,32H,7,12-15,17H2,1-6H3,(H2,29,33)(H2,30,31,36). The van der Waals surface area contributed by atoms with Crippen LogP contribution in [-0.4, -0.2) is 49.2 Å². The Kier molecular flexibility index (Phi) is 11.6. The molecule has 0 bridgehead atoms. The van der Waals surface area contributed by atoms with Gasteiger partial charge in [0.1, 0.15) is 12.4 Å². The van der Waals surface area contributed by atoms with Crippen molar-refractivity contribution in [3.63, 3.8) is 0 Å². The van der Waals surface area contributed by atoms with Gasteiger partial charge in [-0.05, 0) is 63.8 Å². The summed E-state index contributed by atoms with van der Waals surface area (Å²) in [5.74, 6) is -2.35. The molecule has 0 heterocycles. The van der Waals surface area contributed by atoms with Crippen LogP contribution in [0.1, 0.15) is 60.3 Å². The van der Waals surface area contributed by atoms with Crippen LogP contribution in [0.3, 0.4) is 0 Å². The Morgan fingerprint density at radius 2 is 1.63 bits per heavy atom.